The molecule has 3 N–H and O–H groups in total. The molecule has 0 saturated heterocycles. The molecule has 1 heterocycles. The molecule has 2 aromatic rings. The Morgan fingerprint density at radius 2 is 1.72 bits per heavy atom. The van der Waals surface area contributed by atoms with E-state index >= 15 is 0 Å². The van der Waals surface area contributed by atoms with Gasteiger partial charge in [-0.15, -0.1) is 0 Å². The molecule has 0 fully saturated rings. The van der Waals surface area contributed by atoms with Crippen LogP contribution in [0.4, 0.5) is 21.9 Å². The third-order valence-corrected chi connectivity index (χ3v) is 5.57. The van der Waals surface area contributed by atoms with Crippen molar-refractivity contribution in [1.82, 2.24) is 5.32 Å². The molecular weight excluding hydrogens is 456 g/mol. The highest BCUT2D eigenvalue weighted by Gasteiger charge is 2.32. The maximum Gasteiger partial charge on any atom is 0.408 e. The number of anilines is 3. The normalized spacial score (nSPS) is 16.6. The minimum Gasteiger partial charge on any atom is -0.444 e. The van der Waals surface area contributed by atoms with E-state index in [0.717, 1.165) is 23.4 Å². The summed E-state index contributed by atoms with van der Waals surface area (Å²) in [6.45, 7) is 9.27. The van der Waals surface area contributed by atoms with Gasteiger partial charge in [-0.05, 0) is 75.9 Å². The van der Waals surface area contributed by atoms with Crippen molar-refractivity contribution in [2.24, 2.45) is 0 Å². The molecule has 0 unspecified atom stereocenters. The second kappa shape index (κ2) is 11.6. The third kappa shape index (κ3) is 7.25. The maximum atomic E-state index is 12.5. The predicted molar refractivity (Wildman–Crippen MR) is 142 cm³/mol. The Kier molecular flexibility index (Phi) is 8.59. The number of rotatable bonds is 5. The third-order valence-electron chi connectivity index (χ3n) is 5.57. The van der Waals surface area contributed by atoms with Gasteiger partial charge in [0.15, 0.2) is 0 Å². The van der Waals surface area contributed by atoms with Crippen LogP contribution in [0.3, 0.4) is 0 Å². The zero-order valence-corrected chi connectivity index (χ0v) is 21.5. The molecule has 0 aliphatic carbocycles. The van der Waals surface area contributed by atoms with Gasteiger partial charge in [0.1, 0.15) is 5.60 Å². The summed E-state index contributed by atoms with van der Waals surface area (Å²) in [5.74, 6) is 4.70. The van der Waals surface area contributed by atoms with Crippen LogP contribution in [0.5, 0.6) is 0 Å². The van der Waals surface area contributed by atoms with Gasteiger partial charge >= 0.3 is 6.09 Å². The fraction of sp³-hybridized carbons (Fsp3) is 0.393. The van der Waals surface area contributed by atoms with Gasteiger partial charge in [0.25, 0.3) is 5.91 Å². The summed E-state index contributed by atoms with van der Waals surface area (Å²) in [7, 11) is 0. The van der Waals surface area contributed by atoms with Gasteiger partial charge in [-0.25, -0.2) is 4.79 Å². The number of ether oxygens (including phenoxy) is 1. The molecule has 3 amide bonds. The van der Waals surface area contributed by atoms with Gasteiger partial charge in [0.05, 0.1) is 12.6 Å². The van der Waals surface area contributed by atoms with Crippen molar-refractivity contribution in [3.8, 4) is 11.8 Å². The van der Waals surface area contributed by atoms with Crippen molar-refractivity contribution in [1.29, 1.82) is 0 Å². The lowest BCUT2D eigenvalue weighted by atomic mass is 9.91. The van der Waals surface area contributed by atoms with Crippen LogP contribution >= 0.6 is 0 Å². The molecular formula is C28H34N4O4. The molecule has 0 aromatic heterocycles. The van der Waals surface area contributed by atoms with Gasteiger partial charge in [-0.1, -0.05) is 31.0 Å². The maximum absolute atomic E-state index is 12.5. The first-order chi connectivity index (χ1) is 17.1. The first kappa shape index (κ1) is 26.6. The molecule has 1 aliphatic heterocycles. The van der Waals surface area contributed by atoms with E-state index in [9.17, 15) is 14.4 Å². The van der Waals surface area contributed by atoms with Gasteiger partial charge in [0.2, 0.25) is 5.91 Å². The second-order valence-electron chi connectivity index (χ2n) is 9.65. The molecule has 0 bridgehead atoms. The SMILES string of the molecule is CCC(=O)N1c2ccccc2[C@H](Nc2ccc(NC(=O)C#CCNC(=O)OC(C)(C)C)cc2)C[C@@H]1C. The Morgan fingerprint density at radius 3 is 2.39 bits per heavy atom. The Balaban J connectivity index is 1.57. The highest BCUT2D eigenvalue weighted by molar-refractivity contribution is 6.04. The number of hydrogen-bond acceptors (Lipinski definition) is 5. The number of amides is 3. The number of carbonyl (C=O) groups excluding carboxylic acids is 3. The fourth-order valence-electron chi connectivity index (χ4n) is 4.07. The van der Waals surface area contributed by atoms with Crippen molar-refractivity contribution in [3.05, 3.63) is 54.1 Å². The molecule has 2 atom stereocenters. The molecule has 8 nitrogen and oxygen atoms in total. The van der Waals surface area contributed by atoms with Crippen LogP contribution in [-0.2, 0) is 14.3 Å². The lowest BCUT2D eigenvalue weighted by Gasteiger charge is -2.40. The van der Waals surface area contributed by atoms with E-state index in [1.807, 2.05) is 42.2 Å². The molecule has 3 rings (SSSR count). The zero-order valence-electron chi connectivity index (χ0n) is 21.5. The summed E-state index contributed by atoms with van der Waals surface area (Å²) in [4.78, 5) is 38.1. The molecule has 1 aliphatic rings. The van der Waals surface area contributed by atoms with Crippen molar-refractivity contribution < 1.29 is 19.1 Å². The smallest absolute Gasteiger partial charge is 0.408 e. The van der Waals surface area contributed by atoms with E-state index in [1.165, 1.54) is 0 Å². The number of benzene rings is 2. The number of hydrogen-bond donors (Lipinski definition) is 3. The van der Waals surface area contributed by atoms with Crippen molar-refractivity contribution >= 4 is 35.0 Å². The lowest BCUT2D eigenvalue weighted by Crippen LogP contribution is -2.44. The van der Waals surface area contributed by atoms with E-state index < -0.39 is 17.6 Å². The Labute approximate surface area is 212 Å². The largest absolute Gasteiger partial charge is 0.444 e. The van der Waals surface area contributed by atoms with Gasteiger partial charge < -0.3 is 25.6 Å². The average Bonchev–Trinajstić information content (AvgIpc) is 2.81. The van der Waals surface area contributed by atoms with Gasteiger partial charge in [-0.3, -0.25) is 9.59 Å². The minimum atomic E-state index is -0.594. The molecule has 0 radical (unpaired) electrons. The fourth-order valence-corrected chi connectivity index (χ4v) is 4.07. The number of fused-ring (bicyclic) bond motifs is 1. The molecule has 190 valence electrons. The number of alkyl carbamates (subject to hydrolysis) is 1. The number of nitrogens with one attached hydrogen (secondary N) is 3. The van der Waals surface area contributed by atoms with Crippen molar-refractivity contribution in [2.75, 3.05) is 22.1 Å². The monoisotopic (exact) mass is 490 g/mol. The van der Waals surface area contributed by atoms with E-state index in [4.69, 9.17) is 4.74 Å². The van der Waals surface area contributed by atoms with Crippen molar-refractivity contribution in [2.45, 2.75) is 65.1 Å². The van der Waals surface area contributed by atoms with E-state index in [0.29, 0.717) is 12.1 Å². The van der Waals surface area contributed by atoms with Gasteiger partial charge in [-0.2, -0.15) is 0 Å². The summed E-state index contributed by atoms with van der Waals surface area (Å²) in [6.07, 6.45) is 0.669. The van der Waals surface area contributed by atoms with Crippen LogP contribution in [0.1, 0.15) is 59.1 Å². The topological polar surface area (TPSA) is 99.8 Å². The highest BCUT2D eigenvalue weighted by Crippen LogP contribution is 2.39. The van der Waals surface area contributed by atoms with E-state index in [-0.39, 0.29) is 24.5 Å². The summed E-state index contributed by atoms with van der Waals surface area (Å²) in [5, 5.41) is 8.76. The number of nitrogens with zero attached hydrogens (tertiary/aromatic N) is 1. The number of carbonyl (C=O) groups is 3. The summed E-state index contributed by atoms with van der Waals surface area (Å²) in [6, 6.07) is 15.5. The second-order valence-corrected chi connectivity index (χ2v) is 9.65. The van der Waals surface area contributed by atoms with Crippen LogP contribution < -0.4 is 20.9 Å². The van der Waals surface area contributed by atoms with E-state index in [1.54, 1.807) is 32.9 Å². The Morgan fingerprint density at radius 1 is 1.06 bits per heavy atom. The van der Waals surface area contributed by atoms with Crippen LogP contribution in [0.2, 0.25) is 0 Å². The molecule has 8 heteroatoms. The zero-order chi connectivity index (χ0) is 26.3. The average molecular weight is 491 g/mol. The summed E-state index contributed by atoms with van der Waals surface area (Å²) < 4.78 is 5.11. The predicted octanol–water partition coefficient (Wildman–Crippen LogP) is 4.84. The molecule has 0 saturated carbocycles. The lowest BCUT2D eigenvalue weighted by molar-refractivity contribution is -0.118. The summed E-state index contributed by atoms with van der Waals surface area (Å²) in [5.41, 5.74) is 2.96. The Hall–Kier alpha value is -3.99. The first-order valence-corrected chi connectivity index (χ1v) is 12.1. The van der Waals surface area contributed by atoms with Crippen LogP contribution in [-0.4, -0.2) is 36.1 Å². The first-order valence-electron chi connectivity index (χ1n) is 12.1. The molecule has 36 heavy (non-hydrogen) atoms. The van der Waals surface area contributed by atoms with Gasteiger partial charge in [0, 0.05) is 29.5 Å². The molecule has 2 aromatic carbocycles. The number of para-hydroxylation sites is 1. The van der Waals surface area contributed by atoms with E-state index in [2.05, 4.69) is 40.8 Å². The van der Waals surface area contributed by atoms with Crippen LogP contribution in [0.15, 0.2) is 48.5 Å². The standard InChI is InChI=1S/C28H34N4O4/c1-6-26(34)32-19(2)18-23(22-10-7-8-11-24(22)32)30-20-13-15-21(16-14-20)31-25(33)12-9-17-29-27(35)36-28(3,4)5/h7-8,10-11,13-16,19,23,30H,6,17-18H2,1-5H3,(H,29,35)(H,31,33)/t19-,23+/m0/s1. The van der Waals surface area contributed by atoms with Crippen molar-refractivity contribution in [3.63, 3.8) is 0 Å². The quantitative estimate of drug-likeness (QED) is 0.521. The highest BCUT2D eigenvalue weighted by atomic mass is 16.6. The molecule has 0 spiro atoms. The van der Waals surface area contributed by atoms with Crippen LogP contribution in [0, 0.1) is 11.8 Å². The van der Waals surface area contributed by atoms with Crippen LogP contribution in [0.25, 0.3) is 0 Å². The minimum absolute atomic E-state index is 0.00770. The summed E-state index contributed by atoms with van der Waals surface area (Å²) >= 11 is 0. The Bertz CT molecular complexity index is 1160.